The molecule has 9 nitrogen and oxygen atoms in total. The highest BCUT2D eigenvalue weighted by molar-refractivity contribution is 6.12. The molecule has 3 aromatic rings. The molecule has 1 saturated carbocycles. The number of pyridine rings is 1. The molecule has 1 aliphatic carbocycles. The quantitative estimate of drug-likeness (QED) is 0.483. The Kier molecular flexibility index (Phi) is 6.10. The number of nitrogens with zero attached hydrogens (tertiary/aromatic N) is 5. The van der Waals surface area contributed by atoms with Crippen molar-refractivity contribution in [2.24, 2.45) is 0 Å². The second-order valence-electron chi connectivity index (χ2n) is 8.67. The Morgan fingerprint density at radius 2 is 1.81 bits per heavy atom. The summed E-state index contributed by atoms with van der Waals surface area (Å²) < 4.78 is 50.6. The predicted octanol–water partition coefficient (Wildman–Crippen LogP) is 4.21. The summed E-state index contributed by atoms with van der Waals surface area (Å²) in [5, 5.41) is 0.717. The molecule has 3 amide bonds. The van der Waals surface area contributed by atoms with Crippen LogP contribution >= 0.6 is 0 Å². The van der Waals surface area contributed by atoms with Gasteiger partial charge in [0.25, 0.3) is 5.91 Å². The fourth-order valence-corrected chi connectivity index (χ4v) is 4.62. The Morgan fingerprint density at radius 1 is 1.03 bits per heavy atom. The lowest BCUT2D eigenvalue weighted by Crippen LogP contribution is -2.44. The second-order valence-corrected chi connectivity index (χ2v) is 8.67. The van der Waals surface area contributed by atoms with Crippen molar-refractivity contribution >= 4 is 28.5 Å². The smallest absolute Gasteiger partial charge is 0.417 e. The summed E-state index contributed by atoms with van der Waals surface area (Å²) in [6.45, 7) is -0.326. The van der Waals surface area contributed by atoms with Gasteiger partial charge >= 0.3 is 12.2 Å². The Hall–Kier alpha value is -3.96. The van der Waals surface area contributed by atoms with Crippen LogP contribution in [0.3, 0.4) is 0 Å². The molecule has 5 rings (SSSR count). The van der Waals surface area contributed by atoms with E-state index < -0.39 is 23.7 Å². The van der Waals surface area contributed by atoms with Crippen molar-refractivity contribution in [2.75, 3.05) is 18.6 Å². The van der Waals surface area contributed by atoms with Gasteiger partial charge < -0.3 is 9.47 Å². The van der Waals surface area contributed by atoms with Crippen LogP contribution in [0.4, 0.5) is 23.7 Å². The lowest BCUT2D eigenvalue weighted by Gasteiger charge is -2.33. The number of hydrogen-bond acceptors (Lipinski definition) is 7. The minimum absolute atomic E-state index is 0.0613. The van der Waals surface area contributed by atoms with Gasteiger partial charge in [-0.25, -0.2) is 14.8 Å². The van der Waals surface area contributed by atoms with Crippen LogP contribution in [0.2, 0.25) is 0 Å². The van der Waals surface area contributed by atoms with Gasteiger partial charge in [-0.2, -0.15) is 13.2 Å². The molecular weight excluding hydrogens is 479 g/mol. The summed E-state index contributed by atoms with van der Waals surface area (Å²) in [4.78, 5) is 40.0. The van der Waals surface area contributed by atoms with Crippen LogP contribution in [0.15, 0.2) is 43.0 Å². The maximum atomic E-state index is 13.1. The second kappa shape index (κ2) is 9.25. The number of anilines is 1. The Balaban J connectivity index is 1.26. The summed E-state index contributed by atoms with van der Waals surface area (Å²) in [7, 11) is 1.57. The summed E-state index contributed by atoms with van der Waals surface area (Å²) in [5.74, 6) is 0.631. The van der Waals surface area contributed by atoms with Crippen molar-refractivity contribution in [3.05, 3.63) is 48.5 Å². The van der Waals surface area contributed by atoms with Gasteiger partial charge in [-0.3, -0.25) is 19.6 Å². The monoisotopic (exact) mass is 501 g/mol. The van der Waals surface area contributed by atoms with Gasteiger partial charge in [0.2, 0.25) is 5.88 Å². The highest BCUT2D eigenvalue weighted by Crippen LogP contribution is 2.35. The van der Waals surface area contributed by atoms with E-state index in [0.717, 1.165) is 22.1 Å². The van der Waals surface area contributed by atoms with Gasteiger partial charge in [0.05, 0.1) is 35.5 Å². The van der Waals surface area contributed by atoms with Gasteiger partial charge in [0, 0.05) is 12.2 Å². The SMILES string of the molecule is COc1ccc2ncnc(O[C@H]3CC[C@H](N4C(=O)CN(c5cncc(C(F)(F)F)c5)C4=O)CC3)c2c1. The molecule has 2 aliphatic rings. The molecule has 1 aliphatic heterocycles. The van der Waals surface area contributed by atoms with Gasteiger partial charge in [0.15, 0.2) is 0 Å². The molecular formula is C24H22F3N5O4. The summed E-state index contributed by atoms with van der Waals surface area (Å²) in [5.41, 5.74) is -0.327. The summed E-state index contributed by atoms with van der Waals surface area (Å²) >= 11 is 0. The number of benzene rings is 1. The predicted molar refractivity (Wildman–Crippen MR) is 122 cm³/mol. The highest BCUT2D eigenvalue weighted by Gasteiger charge is 2.43. The van der Waals surface area contributed by atoms with Crippen LogP contribution in [0.1, 0.15) is 31.2 Å². The fourth-order valence-electron chi connectivity index (χ4n) is 4.62. The summed E-state index contributed by atoms with van der Waals surface area (Å²) in [6, 6.07) is 5.24. The first-order valence-corrected chi connectivity index (χ1v) is 11.4. The number of carbonyl (C=O) groups excluding carboxylic acids is 2. The van der Waals surface area contributed by atoms with Crippen molar-refractivity contribution in [1.82, 2.24) is 19.9 Å². The summed E-state index contributed by atoms with van der Waals surface area (Å²) in [6.07, 6.45) is 0.624. The number of imide groups is 1. The molecule has 1 saturated heterocycles. The topological polar surface area (TPSA) is 97.8 Å². The third-order valence-corrected chi connectivity index (χ3v) is 6.45. The minimum Gasteiger partial charge on any atom is -0.497 e. The zero-order chi connectivity index (χ0) is 25.4. The fraction of sp³-hybridized carbons (Fsp3) is 0.375. The van der Waals surface area contributed by atoms with Crippen LogP contribution in [0, 0.1) is 0 Å². The number of carbonyl (C=O) groups is 2. The Labute approximate surface area is 203 Å². The molecule has 0 bridgehead atoms. The molecule has 12 heteroatoms. The molecule has 0 radical (unpaired) electrons. The molecule has 2 fully saturated rings. The molecule has 0 N–H and O–H groups in total. The van der Waals surface area contributed by atoms with Crippen LogP contribution in [0.5, 0.6) is 11.6 Å². The van der Waals surface area contributed by atoms with Gasteiger partial charge in [-0.05, 0) is 49.9 Å². The van der Waals surface area contributed by atoms with E-state index in [-0.39, 0.29) is 24.4 Å². The van der Waals surface area contributed by atoms with Crippen LogP contribution in [-0.4, -0.2) is 57.6 Å². The zero-order valence-corrected chi connectivity index (χ0v) is 19.2. The first-order valence-electron chi connectivity index (χ1n) is 11.4. The maximum absolute atomic E-state index is 13.1. The average molecular weight is 501 g/mol. The molecule has 36 heavy (non-hydrogen) atoms. The normalized spacial score (nSPS) is 20.8. The lowest BCUT2D eigenvalue weighted by atomic mass is 9.92. The standard InChI is InChI=1S/C24H22F3N5O4/c1-35-18-6-7-20-19(9-18)22(30-13-29-20)36-17-4-2-15(3-5-17)32-21(33)12-31(23(32)34)16-8-14(10-28-11-16)24(25,26)27/h6-11,13,15,17H,2-5,12H2,1H3/t15-,17-. The van der Waals surface area contributed by atoms with E-state index in [9.17, 15) is 22.8 Å². The van der Waals surface area contributed by atoms with E-state index in [1.807, 2.05) is 6.07 Å². The van der Waals surface area contributed by atoms with Crippen LogP contribution < -0.4 is 14.4 Å². The van der Waals surface area contributed by atoms with E-state index in [4.69, 9.17) is 9.47 Å². The number of hydrogen-bond donors (Lipinski definition) is 0. The number of alkyl halides is 3. The molecule has 2 aromatic heterocycles. The number of methoxy groups -OCH3 is 1. The molecule has 3 heterocycles. The largest absolute Gasteiger partial charge is 0.497 e. The van der Waals surface area contributed by atoms with E-state index in [0.29, 0.717) is 54.4 Å². The number of amides is 3. The number of ether oxygens (including phenoxy) is 2. The highest BCUT2D eigenvalue weighted by atomic mass is 19.4. The number of aromatic nitrogens is 3. The Bertz CT molecular complexity index is 1310. The molecule has 188 valence electrons. The number of rotatable bonds is 5. The van der Waals surface area contributed by atoms with Crippen LogP contribution in [-0.2, 0) is 11.0 Å². The maximum Gasteiger partial charge on any atom is 0.417 e. The first kappa shape index (κ1) is 23.8. The van der Waals surface area contributed by atoms with Crippen molar-refractivity contribution in [3.63, 3.8) is 0 Å². The third-order valence-electron chi connectivity index (χ3n) is 6.45. The van der Waals surface area contributed by atoms with E-state index in [1.165, 1.54) is 6.33 Å². The van der Waals surface area contributed by atoms with Gasteiger partial charge in [0.1, 0.15) is 24.7 Å². The van der Waals surface area contributed by atoms with Gasteiger partial charge in [-0.15, -0.1) is 0 Å². The number of halogens is 3. The van der Waals surface area contributed by atoms with Crippen molar-refractivity contribution in [3.8, 4) is 11.6 Å². The number of urea groups is 1. The van der Waals surface area contributed by atoms with E-state index >= 15 is 0 Å². The molecule has 0 spiro atoms. The van der Waals surface area contributed by atoms with Crippen molar-refractivity contribution < 1.29 is 32.2 Å². The molecule has 0 unspecified atom stereocenters. The van der Waals surface area contributed by atoms with E-state index in [1.54, 1.807) is 19.2 Å². The van der Waals surface area contributed by atoms with E-state index in [2.05, 4.69) is 15.0 Å². The average Bonchev–Trinajstić information content (AvgIpc) is 3.17. The third kappa shape index (κ3) is 4.50. The zero-order valence-electron chi connectivity index (χ0n) is 19.2. The van der Waals surface area contributed by atoms with Crippen molar-refractivity contribution in [1.29, 1.82) is 0 Å². The first-order chi connectivity index (χ1) is 17.2. The van der Waals surface area contributed by atoms with Crippen LogP contribution in [0.25, 0.3) is 10.9 Å². The molecule has 1 aromatic carbocycles. The minimum atomic E-state index is -4.60. The lowest BCUT2D eigenvalue weighted by molar-refractivity contribution is -0.137. The van der Waals surface area contributed by atoms with Gasteiger partial charge in [-0.1, -0.05) is 0 Å². The number of fused-ring (bicyclic) bond motifs is 1. The molecule has 0 atom stereocenters. The van der Waals surface area contributed by atoms with Crippen molar-refractivity contribution in [2.45, 2.75) is 44.0 Å². The Morgan fingerprint density at radius 3 is 2.53 bits per heavy atom.